The van der Waals surface area contributed by atoms with Crippen LogP contribution in [0.2, 0.25) is 0 Å². The normalized spacial score (nSPS) is 27.1. The van der Waals surface area contributed by atoms with Crippen molar-refractivity contribution in [2.45, 2.75) is 25.3 Å². The van der Waals surface area contributed by atoms with Gasteiger partial charge in [-0.25, -0.2) is 8.78 Å². The van der Waals surface area contributed by atoms with Crippen LogP contribution in [0.5, 0.6) is 0 Å². The third-order valence-corrected chi connectivity index (χ3v) is 1.68. The monoisotopic (exact) mass is 179 g/mol. The number of rotatable bonds is 2. The molecule has 0 unspecified atom stereocenters. The molecule has 1 rings (SSSR count). The molecule has 1 saturated heterocycles. The Labute approximate surface area is 69.1 Å². The van der Waals surface area contributed by atoms with Crippen molar-refractivity contribution in [3.63, 3.8) is 0 Å². The van der Waals surface area contributed by atoms with E-state index < -0.39 is 30.9 Å². The molecular formula is C7H11F2NO2. The minimum Gasteiger partial charge on any atom is -0.465 e. The lowest BCUT2D eigenvalue weighted by Crippen LogP contribution is -2.32. The molecule has 5 heteroatoms. The van der Waals surface area contributed by atoms with Crippen molar-refractivity contribution in [1.29, 1.82) is 0 Å². The fourth-order valence-electron chi connectivity index (χ4n) is 1.13. The molecule has 0 radical (unpaired) electrons. The summed E-state index contributed by atoms with van der Waals surface area (Å²) in [4.78, 5) is 10.9. The molecule has 70 valence electrons. The summed E-state index contributed by atoms with van der Waals surface area (Å²) in [5.74, 6) is -3.35. The molecule has 1 aliphatic heterocycles. The topological polar surface area (TPSA) is 38.3 Å². The van der Waals surface area contributed by atoms with Gasteiger partial charge in [0.1, 0.15) is 6.04 Å². The van der Waals surface area contributed by atoms with Gasteiger partial charge in [-0.1, -0.05) is 0 Å². The second-order valence-electron chi connectivity index (χ2n) is 2.75. The summed E-state index contributed by atoms with van der Waals surface area (Å²) in [5, 5.41) is 2.41. The molecule has 3 nitrogen and oxygen atoms in total. The van der Waals surface area contributed by atoms with Gasteiger partial charge < -0.3 is 4.74 Å². The first kappa shape index (κ1) is 9.38. The molecule has 12 heavy (non-hydrogen) atoms. The van der Waals surface area contributed by atoms with Crippen molar-refractivity contribution in [2.75, 3.05) is 13.2 Å². The van der Waals surface area contributed by atoms with Crippen molar-refractivity contribution in [2.24, 2.45) is 0 Å². The molecule has 0 bridgehead atoms. The summed E-state index contributed by atoms with van der Waals surface area (Å²) < 4.78 is 29.6. The number of halogens is 2. The first-order valence-corrected chi connectivity index (χ1v) is 3.83. The Balaban J connectivity index is 2.41. The molecule has 0 aliphatic carbocycles. The minimum absolute atomic E-state index is 0.225. The Morgan fingerprint density at radius 2 is 2.42 bits per heavy atom. The minimum atomic E-state index is -2.77. The van der Waals surface area contributed by atoms with E-state index in [0.29, 0.717) is 0 Å². The number of alkyl halides is 2. The zero-order valence-corrected chi connectivity index (χ0v) is 6.77. The SMILES string of the molecule is CCOC(=O)[C@H]1CC(F)(F)CN1. The smallest absolute Gasteiger partial charge is 0.323 e. The quantitative estimate of drug-likeness (QED) is 0.629. The van der Waals surface area contributed by atoms with E-state index in [2.05, 4.69) is 10.1 Å². The van der Waals surface area contributed by atoms with Crippen molar-refractivity contribution in [3.05, 3.63) is 0 Å². The van der Waals surface area contributed by atoms with Gasteiger partial charge in [-0.2, -0.15) is 0 Å². The van der Waals surface area contributed by atoms with E-state index in [1.807, 2.05) is 0 Å². The van der Waals surface area contributed by atoms with E-state index in [1.54, 1.807) is 6.92 Å². The van der Waals surface area contributed by atoms with E-state index >= 15 is 0 Å². The summed E-state index contributed by atoms with van der Waals surface area (Å²) in [6, 6.07) is -0.833. The van der Waals surface area contributed by atoms with Gasteiger partial charge in [-0.3, -0.25) is 10.1 Å². The van der Waals surface area contributed by atoms with Crippen LogP contribution in [0, 0.1) is 0 Å². The zero-order valence-electron chi connectivity index (χ0n) is 6.77. The van der Waals surface area contributed by atoms with Gasteiger partial charge in [-0.15, -0.1) is 0 Å². The van der Waals surface area contributed by atoms with E-state index in [4.69, 9.17) is 0 Å². The Morgan fingerprint density at radius 3 is 2.83 bits per heavy atom. The van der Waals surface area contributed by atoms with Crippen LogP contribution in [-0.2, 0) is 9.53 Å². The predicted octanol–water partition coefficient (Wildman–Crippen LogP) is 0.547. The fraction of sp³-hybridized carbons (Fsp3) is 0.857. The van der Waals surface area contributed by atoms with Crippen LogP contribution in [0.1, 0.15) is 13.3 Å². The molecule has 0 aromatic heterocycles. The highest BCUT2D eigenvalue weighted by atomic mass is 19.3. The number of nitrogens with one attached hydrogen (secondary N) is 1. The average Bonchev–Trinajstić information content (AvgIpc) is 2.31. The number of carbonyl (C=O) groups is 1. The van der Waals surface area contributed by atoms with Crippen LogP contribution in [-0.4, -0.2) is 31.1 Å². The molecular weight excluding hydrogens is 168 g/mol. The number of esters is 1. The molecule has 1 atom stereocenters. The van der Waals surface area contributed by atoms with Gasteiger partial charge in [0.15, 0.2) is 0 Å². The maximum atomic E-state index is 12.5. The van der Waals surface area contributed by atoms with Crippen LogP contribution in [0.25, 0.3) is 0 Å². The van der Waals surface area contributed by atoms with Crippen molar-refractivity contribution < 1.29 is 18.3 Å². The summed E-state index contributed by atoms with van der Waals surface area (Å²) in [6.07, 6.45) is -0.453. The summed E-state index contributed by atoms with van der Waals surface area (Å²) in [6.45, 7) is 1.43. The van der Waals surface area contributed by atoms with Crippen LogP contribution in [0.3, 0.4) is 0 Å². The molecule has 0 aromatic carbocycles. The van der Waals surface area contributed by atoms with Gasteiger partial charge in [0.2, 0.25) is 0 Å². The van der Waals surface area contributed by atoms with Crippen molar-refractivity contribution >= 4 is 5.97 Å². The molecule has 0 saturated carbocycles. The van der Waals surface area contributed by atoms with Gasteiger partial charge in [0.05, 0.1) is 13.2 Å². The molecule has 0 spiro atoms. The van der Waals surface area contributed by atoms with Gasteiger partial charge in [0.25, 0.3) is 5.92 Å². The Hall–Kier alpha value is -0.710. The molecule has 1 aliphatic rings. The summed E-state index contributed by atoms with van der Waals surface area (Å²) in [7, 11) is 0. The van der Waals surface area contributed by atoms with Crippen LogP contribution >= 0.6 is 0 Å². The third-order valence-electron chi connectivity index (χ3n) is 1.68. The average molecular weight is 179 g/mol. The van der Waals surface area contributed by atoms with Gasteiger partial charge in [0, 0.05) is 6.42 Å². The number of hydrogen-bond acceptors (Lipinski definition) is 3. The second-order valence-corrected chi connectivity index (χ2v) is 2.75. The molecule has 0 amide bonds. The lowest BCUT2D eigenvalue weighted by Gasteiger charge is -2.08. The first-order chi connectivity index (χ1) is 5.55. The lowest BCUT2D eigenvalue weighted by molar-refractivity contribution is -0.145. The largest absolute Gasteiger partial charge is 0.465 e. The number of hydrogen-bond donors (Lipinski definition) is 1. The van der Waals surface area contributed by atoms with Crippen LogP contribution in [0.15, 0.2) is 0 Å². The van der Waals surface area contributed by atoms with Crippen molar-refractivity contribution in [1.82, 2.24) is 5.32 Å². The highest BCUT2D eigenvalue weighted by Gasteiger charge is 2.42. The Bertz CT molecular complexity index is 184. The van der Waals surface area contributed by atoms with E-state index in [0.717, 1.165) is 0 Å². The highest BCUT2D eigenvalue weighted by molar-refractivity contribution is 5.76. The molecule has 1 fully saturated rings. The van der Waals surface area contributed by atoms with E-state index in [1.165, 1.54) is 0 Å². The predicted molar refractivity (Wildman–Crippen MR) is 38.0 cm³/mol. The van der Waals surface area contributed by atoms with E-state index in [9.17, 15) is 13.6 Å². The lowest BCUT2D eigenvalue weighted by atomic mass is 10.2. The molecule has 1 N–H and O–H groups in total. The standard InChI is InChI=1S/C7H11F2NO2/c1-2-12-6(11)5-3-7(8,9)4-10-5/h5,10H,2-4H2,1H3/t5-/m1/s1. The Kier molecular flexibility index (Phi) is 2.62. The summed E-state index contributed by atoms with van der Waals surface area (Å²) >= 11 is 0. The molecule has 1 heterocycles. The highest BCUT2D eigenvalue weighted by Crippen LogP contribution is 2.25. The summed E-state index contributed by atoms with van der Waals surface area (Å²) in [5.41, 5.74) is 0. The Morgan fingerprint density at radius 1 is 1.75 bits per heavy atom. The van der Waals surface area contributed by atoms with Gasteiger partial charge >= 0.3 is 5.97 Å². The third kappa shape index (κ3) is 2.14. The number of ether oxygens (including phenoxy) is 1. The van der Waals surface area contributed by atoms with Crippen LogP contribution < -0.4 is 5.32 Å². The van der Waals surface area contributed by atoms with Crippen molar-refractivity contribution in [3.8, 4) is 0 Å². The fourth-order valence-corrected chi connectivity index (χ4v) is 1.13. The van der Waals surface area contributed by atoms with Gasteiger partial charge in [-0.05, 0) is 6.92 Å². The zero-order chi connectivity index (χ0) is 9.19. The maximum Gasteiger partial charge on any atom is 0.323 e. The first-order valence-electron chi connectivity index (χ1n) is 3.83. The molecule has 0 aromatic rings. The van der Waals surface area contributed by atoms with Crippen LogP contribution in [0.4, 0.5) is 8.78 Å². The van der Waals surface area contributed by atoms with E-state index in [-0.39, 0.29) is 6.61 Å². The second kappa shape index (κ2) is 3.35. The number of carbonyl (C=O) groups excluding carboxylic acids is 1. The maximum absolute atomic E-state index is 12.5.